The predicted molar refractivity (Wildman–Crippen MR) is 73.4 cm³/mol. The number of rotatable bonds is 4. The van der Waals surface area contributed by atoms with E-state index in [9.17, 15) is 18.4 Å². The van der Waals surface area contributed by atoms with Gasteiger partial charge in [-0.25, -0.2) is 8.78 Å². The van der Waals surface area contributed by atoms with Crippen molar-refractivity contribution in [2.75, 3.05) is 13.1 Å². The number of halogens is 2. The highest BCUT2D eigenvalue weighted by atomic mass is 19.3. The van der Waals surface area contributed by atoms with Gasteiger partial charge in [-0.15, -0.1) is 0 Å². The van der Waals surface area contributed by atoms with Gasteiger partial charge in [-0.3, -0.25) is 14.3 Å². The lowest BCUT2D eigenvalue weighted by Crippen LogP contribution is -2.46. The summed E-state index contributed by atoms with van der Waals surface area (Å²) in [4.78, 5) is 24.8. The molecule has 0 radical (unpaired) electrons. The van der Waals surface area contributed by atoms with Crippen molar-refractivity contribution in [3.8, 4) is 6.07 Å². The Morgan fingerprint density at radius 1 is 1.48 bits per heavy atom. The highest BCUT2D eigenvalue weighted by molar-refractivity contribution is 5.80. The number of carbonyl (C=O) groups is 2. The third kappa shape index (κ3) is 3.31. The molecule has 7 nitrogen and oxygen atoms in total. The van der Waals surface area contributed by atoms with Crippen LogP contribution >= 0.6 is 0 Å². The smallest absolute Gasteiger partial charge is 0.324 e. The lowest BCUT2D eigenvalue weighted by molar-refractivity contribution is -0.150. The molecular formula is C14H16F2N4O3. The molecule has 1 N–H and O–H groups in total. The Hall–Kier alpha value is -2.50. The fourth-order valence-electron chi connectivity index (χ4n) is 2.54. The summed E-state index contributed by atoms with van der Waals surface area (Å²) in [6.45, 7) is 1.67. The minimum atomic E-state index is -2.70. The number of carbonyl (C=O) groups excluding carboxylic acids is 1. The number of aromatic nitrogens is 2. The zero-order valence-electron chi connectivity index (χ0n) is 12.5. The number of nitriles is 1. The number of carboxylic acids is 1. The monoisotopic (exact) mass is 326 g/mol. The molecular weight excluding hydrogens is 310 g/mol. The third-order valence-corrected chi connectivity index (χ3v) is 4.10. The number of aliphatic carboxylic acids is 1. The Balaban J connectivity index is 2.01. The molecule has 1 aromatic heterocycles. The second kappa shape index (κ2) is 6.32. The number of piperidine rings is 1. The predicted octanol–water partition coefficient (Wildman–Crippen LogP) is 1.35. The van der Waals surface area contributed by atoms with Gasteiger partial charge in [0.1, 0.15) is 12.2 Å². The highest BCUT2D eigenvalue weighted by Gasteiger charge is 2.42. The van der Waals surface area contributed by atoms with Crippen LogP contribution in [0.25, 0.3) is 0 Å². The second-order valence-corrected chi connectivity index (χ2v) is 5.55. The van der Waals surface area contributed by atoms with Crippen LogP contribution in [0.1, 0.15) is 30.7 Å². The highest BCUT2D eigenvalue weighted by Crippen LogP contribution is 2.31. The summed E-state index contributed by atoms with van der Waals surface area (Å²) in [6.07, 6.45) is -2.61. The normalized spacial score (nSPS) is 17.1. The maximum atomic E-state index is 12.6. The van der Waals surface area contributed by atoms with Crippen LogP contribution in [0.4, 0.5) is 8.78 Å². The maximum absolute atomic E-state index is 12.6. The molecule has 1 amide bonds. The van der Waals surface area contributed by atoms with Crippen LogP contribution in [0.2, 0.25) is 0 Å². The number of hydrogen-bond donors (Lipinski definition) is 1. The van der Waals surface area contributed by atoms with E-state index >= 15 is 0 Å². The van der Waals surface area contributed by atoms with E-state index in [0.29, 0.717) is 5.69 Å². The number of hydrogen-bond acceptors (Lipinski definition) is 4. The standard InChI is InChI=1S/C14H16F2N4O3/c1-9-6-10(12(15)16)18-20(9)7-11(21)19-4-2-14(8-17,3-5-19)13(22)23/h6,12H,2-5,7H2,1H3,(H,22,23). The first-order valence-electron chi connectivity index (χ1n) is 7.04. The van der Waals surface area contributed by atoms with Gasteiger partial charge in [-0.2, -0.15) is 10.4 Å². The third-order valence-electron chi connectivity index (χ3n) is 4.10. The largest absolute Gasteiger partial charge is 0.480 e. The number of alkyl halides is 2. The molecule has 9 heteroatoms. The van der Waals surface area contributed by atoms with E-state index in [1.54, 1.807) is 6.92 Å². The minimum absolute atomic E-state index is 0.0466. The van der Waals surface area contributed by atoms with Crippen LogP contribution < -0.4 is 0 Å². The minimum Gasteiger partial charge on any atom is -0.480 e. The molecule has 0 spiro atoms. The molecule has 0 atom stereocenters. The van der Waals surface area contributed by atoms with E-state index in [1.165, 1.54) is 15.6 Å². The first kappa shape index (κ1) is 16.9. The van der Waals surface area contributed by atoms with Crippen molar-refractivity contribution >= 4 is 11.9 Å². The van der Waals surface area contributed by atoms with Crippen LogP contribution in [0.3, 0.4) is 0 Å². The summed E-state index contributed by atoms with van der Waals surface area (Å²) < 4.78 is 26.4. The number of likely N-dealkylation sites (tertiary alicyclic amines) is 1. The molecule has 2 rings (SSSR count). The summed E-state index contributed by atoms with van der Waals surface area (Å²) in [5, 5.41) is 21.9. The number of carboxylic acid groups (broad SMARTS) is 1. The van der Waals surface area contributed by atoms with Gasteiger partial charge in [0, 0.05) is 18.8 Å². The van der Waals surface area contributed by atoms with Crippen LogP contribution in [-0.4, -0.2) is 44.8 Å². The molecule has 1 aliphatic rings. The summed E-state index contributed by atoms with van der Waals surface area (Å²) in [5.41, 5.74) is -1.40. The van der Waals surface area contributed by atoms with Crippen molar-refractivity contribution in [3.63, 3.8) is 0 Å². The molecule has 0 unspecified atom stereocenters. The van der Waals surface area contributed by atoms with Gasteiger partial charge in [0.15, 0.2) is 5.41 Å². The molecule has 0 bridgehead atoms. The van der Waals surface area contributed by atoms with E-state index in [2.05, 4.69) is 5.10 Å². The van der Waals surface area contributed by atoms with Crippen LogP contribution in [-0.2, 0) is 16.1 Å². The van der Waals surface area contributed by atoms with Crippen LogP contribution in [0.5, 0.6) is 0 Å². The summed E-state index contributed by atoms with van der Waals surface area (Å²) in [7, 11) is 0. The van der Waals surface area contributed by atoms with Gasteiger partial charge in [0.05, 0.1) is 6.07 Å². The maximum Gasteiger partial charge on any atom is 0.324 e. The van der Waals surface area contributed by atoms with Gasteiger partial charge < -0.3 is 10.0 Å². The number of aryl methyl sites for hydroxylation is 1. The van der Waals surface area contributed by atoms with Crippen molar-refractivity contribution in [1.29, 1.82) is 5.26 Å². The first-order valence-corrected chi connectivity index (χ1v) is 7.04. The fraction of sp³-hybridized carbons (Fsp3) is 0.571. The van der Waals surface area contributed by atoms with E-state index in [0.717, 1.165) is 0 Å². The van der Waals surface area contributed by atoms with E-state index in [-0.39, 0.29) is 44.1 Å². The second-order valence-electron chi connectivity index (χ2n) is 5.55. The van der Waals surface area contributed by atoms with Gasteiger partial charge >= 0.3 is 5.97 Å². The topological polar surface area (TPSA) is 99.2 Å². The van der Waals surface area contributed by atoms with Gasteiger partial charge in [-0.05, 0) is 25.8 Å². The lowest BCUT2D eigenvalue weighted by Gasteiger charge is -2.34. The average molecular weight is 326 g/mol. The van der Waals surface area contributed by atoms with Gasteiger partial charge in [0.25, 0.3) is 6.43 Å². The SMILES string of the molecule is Cc1cc(C(F)F)nn1CC(=O)N1CCC(C#N)(C(=O)O)CC1. The molecule has 1 fully saturated rings. The van der Waals surface area contributed by atoms with Crippen molar-refractivity contribution < 1.29 is 23.5 Å². The molecule has 1 aliphatic heterocycles. The molecule has 0 aromatic carbocycles. The summed E-state index contributed by atoms with van der Waals surface area (Å²) in [5.74, 6) is -1.52. The first-order chi connectivity index (χ1) is 10.8. The number of amides is 1. The Kier molecular flexibility index (Phi) is 4.63. The molecule has 1 saturated heterocycles. The summed E-state index contributed by atoms with van der Waals surface area (Å²) in [6, 6.07) is 3.03. The average Bonchev–Trinajstić information content (AvgIpc) is 2.88. The molecule has 124 valence electrons. The quantitative estimate of drug-likeness (QED) is 0.900. The Bertz CT molecular complexity index is 657. The van der Waals surface area contributed by atoms with Crippen LogP contribution in [0, 0.1) is 23.7 Å². The van der Waals surface area contributed by atoms with Crippen molar-refractivity contribution in [3.05, 3.63) is 17.5 Å². The molecule has 1 aromatic rings. The molecule has 0 aliphatic carbocycles. The zero-order valence-corrected chi connectivity index (χ0v) is 12.5. The Morgan fingerprint density at radius 2 is 2.09 bits per heavy atom. The molecule has 0 saturated carbocycles. The van der Waals surface area contributed by atoms with Crippen LogP contribution in [0.15, 0.2) is 6.07 Å². The Labute approximate surface area is 131 Å². The van der Waals surface area contributed by atoms with Crippen molar-refractivity contribution in [1.82, 2.24) is 14.7 Å². The fourth-order valence-corrected chi connectivity index (χ4v) is 2.54. The van der Waals surface area contributed by atoms with Crippen molar-refractivity contribution in [2.24, 2.45) is 5.41 Å². The number of nitrogens with zero attached hydrogens (tertiary/aromatic N) is 4. The van der Waals surface area contributed by atoms with E-state index in [4.69, 9.17) is 10.4 Å². The van der Waals surface area contributed by atoms with Gasteiger partial charge in [-0.1, -0.05) is 0 Å². The van der Waals surface area contributed by atoms with Crippen molar-refractivity contribution in [2.45, 2.75) is 32.7 Å². The van der Waals surface area contributed by atoms with E-state index in [1.807, 2.05) is 6.07 Å². The van der Waals surface area contributed by atoms with E-state index < -0.39 is 17.8 Å². The lowest BCUT2D eigenvalue weighted by atomic mass is 9.80. The molecule has 2 heterocycles. The van der Waals surface area contributed by atoms with Gasteiger partial charge in [0.2, 0.25) is 5.91 Å². The summed E-state index contributed by atoms with van der Waals surface area (Å²) >= 11 is 0. The zero-order chi connectivity index (χ0) is 17.2. The Morgan fingerprint density at radius 3 is 2.52 bits per heavy atom. The molecule has 23 heavy (non-hydrogen) atoms.